The molecule has 0 spiro atoms. The van der Waals surface area contributed by atoms with E-state index in [1.165, 1.54) is 11.8 Å². The Balaban J connectivity index is 1.59. The number of amides is 2. The fourth-order valence-electron chi connectivity index (χ4n) is 2.76. The summed E-state index contributed by atoms with van der Waals surface area (Å²) < 4.78 is 6.97. The van der Waals surface area contributed by atoms with Crippen LogP contribution in [0.2, 0.25) is 5.02 Å². The Labute approximate surface area is 195 Å². The van der Waals surface area contributed by atoms with Crippen molar-refractivity contribution in [2.45, 2.75) is 18.2 Å². The first-order valence-corrected chi connectivity index (χ1v) is 11.0. The summed E-state index contributed by atoms with van der Waals surface area (Å²) >= 11 is 7.11. The van der Waals surface area contributed by atoms with E-state index in [1.807, 2.05) is 0 Å². The van der Waals surface area contributed by atoms with E-state index in [9.17, 15) is 9.59 Å². The second kappa shape index (κ2) is 11.4. The minimum absolute atomic E-state index is 0.142. The maximum Gasteiger partial charge on any atom is 0.251 e. The minimum Gasteiger partial charge on any atom is -0.497 e. The average Bonchev–Trinajstić information content (AvgIpc) is 3.18. The summed E-state index contributed by atoms with van der Waals surface area (Å²) in [5.74, 6) is 0.925. The Hall–Kier alpha value is -3.30. The van der Waals surface area contributed by atoms with Crippen LogP contribution in [0.1, 0.15) is 16.2 Å². The minimum atomic E-state index is -0.248. The molecular formula is C22H22ClN5O3S. The Morgan fingerprint density at radius 2 is 2.00 bits per heavy atom. The average molecular weight is 472 g/mol. The molecule has 0 radical (unpaired) electrons. The molecule has 10 heteroatoms. The molecule has 0 fully saturated rings. The summed E-state index contributed by atoms with van der Waals surface area (Å²) in [4.78, 5) is 24.7. The highest BCUT2D eigenvalue weighted by Gasteiger charge is 2.15. The monoisotopic (exact) mass is 471 g/mol. The lowest BCUT2D eigenvalue weighted by Gasteiger charge is -2.09. The molecule has 0 bridgehead atoms. The molecule has 0 aliphatic heterocycles. The van der Waals surface area contributed by atoms with E-state index < -0.39 is 0 Å². The number of thioether (sulfide) groups is 1. The molecule has 0 aliphatic carbocycles. The lowest BCUT2D eigenvalue weighted by Crippen LogP contribution is -2.24. The Morgan fingerprint density at radius 3 is 2.72 bits per heavy atom. The maximum absolute atomic E-state index is 12.3. The zero-order valence-electron chi connectivity index (χ0n) is 17.4. The van der Waals surface area contributed by atoms with E-state index in [-0.39, 0.29) is 24.1 Å². The number of ether oxygens (including phenoxy) is 1. The Kier molecular flexibility index (Phi) is 8.29. The normalized spacial score (nSPS) is 10.4. The highest BCUT2D eigenvalue weighted by Crippen LogP contribution is 2.20. The summed E-state index contributed by atoms with van der Waals surface area (Å²) in [7, 11) is 1.57. The molecule has 0 aliphatic rings. The van der Waals surface area contributed by atoms with Crippen LogP contribution in [0.25, 0.3) is 0 Å². The highest BCUT2D eigenvalue weighted by molar-refractivity contribution is 7.99. The van der Waals surface area contributed by atoms with Crippen molar-refractivity contribution in [2.75, 3.05) is 18.2 Å². The fourth-order valence-corrected chi connectivity index (χ4v) is 3.65. The van der Waals surface area contributed by atoms with Gasteiger partial charge in [-0.25, -0.2) is 0 Å². The predicted octanol–water partition coefficient (Wildman–Crippen LogP) is 3.79. The van der Waals surface area contributed by atoms with Crippen LogP contribution in [0.3, 0.4) is 0 Å². The number of allylic oxidation sites excluding steroid dienone is 1. The molecule has 0 unspecified atom stereocenters. The first kappa shape index (κ1) is 23.4. The third-order valence-electron chi connectivity index (χ3n) is 4.30. The van der Waals surface area contributed by atoms with Gasteiger partial charge in [-0.05, 0) is 36.4 Å². The standard InChI is InChI=1S/C22H22ClN5O3S/c1-3-11-28-19(13-24-21(30)15-7-9-16(23)10-8-15)26-27-22(28)32-14-20(29)25-17-5-4-6-18(12-17)31-2/h3-10,12H,1,11,13-14H2,2H3,(H,24,30)(H,25,29). The molecular weight excluding hydrogens is 450 g/mol. The topological polar surface area (TPSA) is 98.1 Å². The number of hydrogen-bond donors (Lipinski definition) is 2. The predicted molar refractivity (Wildman–Crippen MR) is 125 cm³/mol. The molecule has 3 rings (SSSR count). The number of benzene rings is 2. The van der Waals surface area contributed by atoms with E-state index in [0.717, 1.165) is 0 Å². The molecule has 0 saturated heterocycles. The van der Waals surface area contributed by atoms with Crippen molar-refractivity contribution in [2.24, 2.45) is 0 Å². The van der Waals surface area contributed by atoms with E-state index in [0.29, 0.717) is 39.5 Å². The molecule has 166 valence electrons. The van der Waals surface area contributed by atoms with Crippen molar-refractivity contribution in [3.8, 4) is 5.75 Å². The van der Waals surface area contributed by atoms with Gasteiger partial charge in [-0.3, -0.25) is 9.59 Å². The van der Waals surface area contributed by atoms with Crippen molar-refractivity contribution in [1.29, 1.82) is 0 Å². The van der Waals surface area contributed by atoms with Gasteiger partial charge in [0.25, 0.3) is 5.91 Å². The number of aromatic nitrogens is 3. The molecule has 2 aromatic carbocycles. The van der Waals surface area contributed by atoms with Crippen molar-refractivity contribution < 1.29 is 14.3 Å². The quantitative estimate of drug-likeness (QED) is 0.345. The third-order valence-corrected chi connectivity index (χ3v) is 5.52. The fraction of sp³-hybridized carbons (Fsp3) is 0.182. The van der Waals surface area contributed by atoms with Crippen LogP contribution in [-0.4, -0.2) is 39.4 Å². The van der Waals surface area contributed by atoms with Crippen LogP contribution in [0.5, 0.6) is 5.75 Å². The van der Waals surface area contributed by atoms with Crippen molar-refractivity contribution in [3.05, 3.63) is 77.6 Å². The lowest BCUT2D eigenvalue weighted by molar-refractivity contribution is -0.113. The number of nitrogens with one attached hydrogen (secondary N) is 2. The first-order valence-electron chi connectivity index (χ1n) is 9.63. The summed E-state index contributed by atoms with van der Waals surface area (Å²) in [6.07, 6.45) is 1.70. The molecule has 0 atom stereocenters. The Morgan fingerprint density at radius 1 is 1.22 bits per heavy atom. The molecule has 1 heterocycles. The van der Waals surface area contributed by atoms with Gasteiger partial charge < -0.3 is 19.9 Å². The molecule has 32 heavy (non-hydrogen) atoms. The van der Waals surface area contributed by atoms with E-state index in [4.69, 9.17) is 16.3 Å². The number of nitrogens with zero attached hydrogens (tertiary/aromatic N) is 3. The van der Waals surface area contributed by atoms with Crippen LogP contribution < -0.4 is 15.4 Å². The number of rotatable bonds is 10. The van der Waals surface area contributed by atoms with Gasteiger partial charge in [0.15, 0.2) is 11.0 Å². The number of methoxy groups -OCH3 is 1. The van der Waals surface area contributed by atoms with Crippen LogP contribution >= 0.6 is 23.4 Å². The largest absolute Gasteiger partial charge is 0.497 e. The highest BCUT2D eigenvalue weighted by atomic mass is 35.5. The van der Waals surface area contributed by atoms with E-state index in [2.05, 4.69) is 27.4 Å². The number of carbonyl (C=O) groups is 2. The summed E-state index contributed by atoms with van der Waals surface area (Å²) in [6, 6.07) is 13.7. The smallest absolute Gasteiger partial charge is 0.251 e. The third kappa shape index (κ3) is 6.35. The zero-order chi connectivity index (χ0) is 22.9. The molecule has 1 aromatic heterocycles. The van der Waals surface area contributed by atoms with Crippen LogP contribution in [0.4, 0.5) is 5.69 Å². The van der Waals surface area contributed by atoms with Crippen molar-refractivity contribution in [3.63, 3.8) is 0 Å². The first-order chi connectivity index (χ1) is 15.5. The van der Waals surface area contributed by atoms with Crippen molar-refractivity contribution >= 4 is 40.9 Å². The summed E-state index contributed by atoms with van der Waals surface area (Å²) in [6.45, 7) is 4.38. The SMILES string of the molecule is C=CCn1c(CNC(=O)c2ccc(Cl)cc2)nnc1SCC(=O)Nc1cccc(OC)c1. The van der Waals surface area contributed by atoms with Crippen LogP contribution in [-0.2, 0) is 17.9 Å². The second-order valence-electron chi connectivity index (χ2n) is 6.56. The molecule has 0 saturated carbocycles. The van der Waals surface area contributed by atoms with Gasteiger partial charge >= 0.3 is 0 Å². The van der Waals surface area contributed by atoms with Gasteiger partial charge in [-0.15, -0.1) is 16.8 Å². The summed E-state index contributed by atoms with van der Waals surface area (Å²) in [5, 5.41) is 15.1. The second-order valence-corrected chi connectivity index (χ2v) is 7.94. The van der Waals surface area contributed by atoms with Gasteiger partial charge in [0.1, 0.15) is 5.75 Å². The van der Waals surface area contributed by atoms with Gasteiger partial charge in [-0.2, -0.15) is 0 Å². The number of carbonyl (C=O) groups excluding carboxylic acids is 2. The van der Waals surface area contributed by atoms with E-state index in [1.54, 1.807) is 66.3 Å². The van der Waals surface area contributed by atoms with Crippen LogP contribution in [0, 0.1) is 0 Å². The number of hydrogen-bond acceptors (Lipinski definition) is 6. The Bertz CT molecular complexity index is 1100. The van der Waals surface area contributed by atoms with Gasteiger partial charge in [0.05, 0.1) is 19.4 Å². The zero-order valence-corrected chi connectivity index (χ0v) is 18.9. The van der Waals surface area contributed by atoms with Crippen LogP contribution in [0.15, 0.2) is 66.3 Å². The molecule has 8 nitrogen and oxygen atoms in total. The van der Waals surface area contributed by atoms with Gasteiger partial charge in [0, 0.05) is 28.9 Å². The maximum atomic E-state index is 12.3. The number of halogens is 1. The molecule has 2 N–H and O–H groups in total. The van der Waals surface area contributed by atoms with E-state index >= 15 is 0 Å². The number of anilines is 1. The molecule has 2 amide bonds. The van der Waals surface area contributed by atoms with Gasteiger partial charge in [0.2, 0.25) is 5.91 Å². The summed E-state index contributed by atoms with van der Waals surface area (Å²) in [5.41, 5.74) is 1.14. The van der Waals surface area contributed by atoms with Crippen molar-refractivity contribution in [1.82, 2.24) is 20.1 Å². The van der Waals surface area contributed by atoms with Gasteiger partial charge in [-0.1, -0.05) is 35.5 Å². The lowest BCUT2D eigenvalue weighted by atomic mass is 10.2. The molecule has 3 aromatic rings.